The van der Waals surface area contributed by atoms with E-state index in [9.17, 15) is 14.7 Å². The van der Waals surface area contributed by atoms with Crippen LogP contribution in [0.2, 0.25) is 10.0 Å². The molecule has 0 aromatic heterocycles. The summed E-state index contributed by atoms with van der Waals surface area (Å²) in [5, 5.41) is 9.41. The number of phenolic OH excluding ortho intramolecular Hbond substituents is 1. The molecule has 4 nitrogen and oxygen atoms in total. The van der Waals surface area contributed by atoms with Gasteiger partial charge in [-0.15, -0.1) is 0 Å². The number of esters is 1. The van der Waals surface area contributed by atoms with Crippen LogP contribution in [0.15, 0.2) is 12.1 Å². The summed E-state index contributed by atoms with van der Waals surface area (Å²) in [5.41, 5.74) is 0.313. The van der Waals surface area contributed by atoms with Gasteiger partial charge in [0.2, 0.25) is 0 Å². The third-order valence-electron chi connectivity index (χ3n) is 2.35. The molecule has 98 valence electrons. The average Bonchev–Trinajstić information content (AvgIpc) is 2.34. The molecule has 0 aliphatic heterocycles. The second kappa shape index (κ2) is 6.61. The predicted octanol–water partition coefficient (Wildman–Crippen LogP) is 3.23. The number of halogens is 2. The normalized spacial score (nSPS) is 10.2. The van der Waals surface area contributed by atoms with Gasteiger partial charge in [-0.1, -0.05) is 23.2 Å². The van der Waals surface area contributed by atoms with Gasteiger partial charge in [0.05, 0.1) is 17.2 Å². The molecule has 0 spiro atoms. The van der Waals surface area contributed by atoms with Crippen LogP contribution < -0.4 is 0 Å². The molecule has 18 heavy (non-hydrogen) atoms. The van der Waals surface area contributed by atoms with E-state index in [0.29, 0.717) is 12.0 Å². The van der Waals surface area contributed by atoms with Gasteiger partial charge >= 0.3 is 5.97 Å². The van der Waals surface area contributed by atoms with Gasteiger partial charge in [-0.3, -0.25) is 9.59 Å². The molecule has 0 atom stereocenters. The quantitative estimate of drug-likeness (QED) is 0.668. The average molecular weight is 291 g/mol. The molecule has 0 unspecified atom stereocenters. The number of benzene rings is 1. The fraction of sp³-hybridized carbons (Fsp3) is 0.333. The predicted molar refractivity (Wildman–Crippen MR) is 68.3 cm³/mol. The first-order valence-electron chi connectivity index (χ1n) is 5.23. The molecule has 1 aromatic rings. The third-order valence-corrected chi connectivity index (χ3v) is 2.93. The minimum absolute atomic E-state index is 0.0267. The van der Waals surface area contributed by atoms with E-state index in [2.05, 4.69) is 4.74 Å². The molecule has 0 aliphatic carbocycles. The number of ketones is 1. The number of hydrogen-bond acceptors (Lipinski definition) is 4. The summed E-state index contributed by atoms with van der Waals surface area (Å²) in [5.74, 6) is -0.795. The highest BCUT2D eigenvalue weighted by Gasteiger charge is 2.12. The van der Waals surface area contributed by atoms with Gasteiger partial charge in [0.15, 0.2) is 11.5 Å². The van der Waals surface area contributed by atoms with Gasteiger partial charge in [-0.05, 0) is 18.6 Å². The highest BCUT2D eigenvalue weighted by atomic mass is 35.5. The van der Waals surface area contributed by atoms with Gasteiger partial charge in [-0.2, -0.15) is 0 Å². The van der Waals surface area contributed by atoms with Gasteiger partial charge in [-0.25, -0.2) is 0 Å². The van der Waals surface area contributed by atoms with Crippen LogP contribution in [0, 0.1) is 0 Å². The molecule has 0 radical (unpaired) electrons. The molecular formula is C12H12Cl2O4. The first-order chi connectivity index (χ1) is 8.45. The van der Waals surface area contributed by atoms with E-state index >= 15 is 0 Å². The fourth-order valence-corrected chi connectivity index (χ4v) is 1.85. The van der Waals surface area contributed by atoms with E-state index in [0.717, 1.165) is 0 Å². The number of aromatic hydroxyl groups is 1. The first kappa shape index (κ1) is 14.8. The lowest BCUT2D eigenvalue weighted by Gasteiger charge is -2.05. The maximum atomic E-state index is 11.8. The lowest BCUT2D eigenvalue weighted by Crippen LogP contribution is -2.03. The van der Waals surface area contributed by atoms with Crippen molar-refractivity contribution < 1.29 is 19.4 Å². The summed E-state index contributed by atoms with van der Waals surface area (Å²) >= 11 is 11.4. The van der Waals surface area contributed by atoms with E-state index in [1.54, 1.807) is 0 Å². The number of carbonyl (C=O) groups excluding carboxylic acids is 2. The lowest BCUT2D eigenvalue weighted by atomic mass is 10.1. The Bertz CT molecular complexity index is 448. The number of ether oxygens (including phenoxy) is 1. The molecule has 0 heterocycles. The van der Waals surface area contributed by atoms with Crippen molar-refractivity contribution in [2.75, 3.05) is 7.11 Å². The Hall–Kier alpha value is -1.26. The minimum Gasteiger partial charge on any atom is -0.505 e. The highest BCUT2D eigenvalue weighted by molar-refractivity contribution is 6.37. The Morgan fingerprint density at radius 1 is 1.22 bits per heavy atom. The molecule has 0 saturated heterocycles. The van der Waals surface area contributed by atoms with Crippen molar-refractivity contribution in [2.45, 2.75) is 19.3 Å². The number of phenols is 1. The van der Waals surface area contributed by atoms with E-state index in [4.69, 9.17) is 23.2 Å². The molecule has 0 saturated carbocycles. The van der Waals surface area contributed by atoms with Crippen LogP contribution in [0.5, 0.6) is 5.75 Å². The lowest BCUT2D eigenvalue weighted by molar-refractivity contribution is -0.140. The van der Waals surface area contributed by atoms with Crippen LogP contribution in [0.4, 0.5) is 0 Å². The number of methoxy groups -OCH3 is 1. The Kier molecular flexibility index (Phi) is 5.44. The molecular weight excluding hydrogens is 279 g/mol. The van der Waals surface area contributed by atoms with Gasteiger partial charge in [0.1, 0.15) is 0 Å². The summed E-state index contributed by atoms with van der Waals surface area (Å²) in [6.07, 6.45) is 0.760. The zero-order valence-corrected chi connectivity index (χ0v) is 11.2. The molecule has 1 aromatic carbocycles. The van der Waals surface area contributed by atoms with Crippen LogP contribution in [0.1, 0.15) is 29.6 Å². The fourth-order valence-electron chi connectivity index (χ4n) is 1.37. The largest absolute Gasteiger partial charge is 0.505 e. The van der Waals surface area contributed by atoms with Gasteiger partial charge in [0, 0.05) is 18.4 Å². The molecule has 0 aliphatic rings. The molecule has 1 rings (SSSR count). The Balaban J connectivity index is 2.65. The Labute approximate surface area is 114 Å². The van der Waals surface area contributed by atoms with E-state index in [1.165, 1.54) is 19.2 Å². The summed E-state index contributed by atoms with van der Waals surface area (Å²) in [6, 6.07) is 2.70. The van der Waals surface area contributed by atoms with Crippen LogP contribution in [0.3, 0.4) is 0 Å². The SMILES string of the molecule is COC(=O)CCCC(=O)c1cc(Cl)c(O)c(Cl)c1. The van der Waals surface area contributed by atoms with Crippen molar-refractivity contribution in [3.05, 3.63) is 27.7 Å². The smallest absolute Gasteiger partial charge is 0.305 e. The van der Waals surface area contributed by atoms with Gasteiger partial charge in [0.25, 0.3) is 0 Å². The maximum Gasteiger partial charge on any atom is 0.305 e. The zero-order chi connectivity index (χ0) is 13.7. The molecule has 0 amide bonds. The molecule has 0 fully saturated rings. The summed E-state index contributed by atoms with van der Waals surface area (Å²) in [6.45, 7) is 0. The molecule has 0 bridgehead atoms. The Morgan fingerprint density at radius 2 is 1.78 bits per heavy atom. The van der Waals surface area contributed by atoms with Crippen molar-refractivity contribution in [1.29, 1.82) is 0 Å². The van der Waals surface area contributed by atoms with E-state index in [1.807, 2.05) is 0 Å². The Morgan fingerprint density at radius 3 is 2.28 bits per heavy atom. The summed E-state index contributed by atoms with van der Waals surface area (Å²) < 4.78 is 4.47. The van der Waals surface area contributed by atoms with E-state index < -0.39 is 0 Å². The van der Waals surface area contributed by atoms with Crippen molar-refractivity contribution >= 4 is 35.0 Å². The zero-order valence-electron chi connectivity index (χ0n) is 9.70. The monoisotopic (exact) mass is 290 g/mol. The summed E-state index contributed by atoms with van der Waals surface area (Å²) in [7, 11) is 1.30. The van der Waals surface area contributed by atoms with Crippen molar-refractivity contribution in [3.8, 4) is 5.75 Å². The van der Waals surface area contributed by atoms with Crippen molar-refractivity contribution in [2.24, 2.45) is 0 Å². The van der Waals surface area contributed by atoms with Crippen LogP contribution in [-0.4, -0.2) is 24.0 Å². The van der Waals surface area contributed by atoms with Crippen LogP contribution in [-0.2, 0) is 9.53 Å². The second-order valence-electron chi connectivity index (χ2n) is 3.64. The number of hydrogen-bond donors (Lipinski definition) is 1. The van der Waals surface area contributed by atoms with Crippen molar-refractivity contribution in [1.82, 2.24) is 0 Å². The first-order valence-corrected chi connectivity index (χ1v) is 5.99. The van der Waals surface area contributed by atoms with E-state index in [-0.39, 0.29) is 40.4 Å². The number of rotatable bonds is 5. The highest BCUT2D eigenvalue weighted by Crippen LogP contribution is 2.33. The maximum absolute atomic E-state index is 11.8. The topological polar surface area (TPSA) is 63.6 Å². The second-order valence-corrected chi connectivity index (χ2v) is 4.46. The minimum atomic E-state index is -0.357. The van der Waals surface area contributed by atoms with Gasteiger partial charge < -0.3 is 9.84 Å². The number of carbonyl (C=O) groups is 2. The van der Waals surface area contributed by atoms with Crippen molar-refractivity contribution in [3.63, 3.8) is 0 Å². The third kappa shape index (κ3) is 3.89. The van der Waals surface area contributed by atoms with Crippen LogP contribution in [0.25, 0.3) is 0 Å². The van der Waals surface area contributed by atoms with Crippen LogP contribution >= 0.6 is 23.2 Å². The molecule has 6 heteroatoms. The molecule has 1 N–H and O–H groups in total. The summed E-state index contributed by atoms with van der Waals surface area (Å²) in [4.78, 5) is 22.7. The standard InChI is InChI=1S/C12H12Cl2O4/c1-18-11(16)4-2-3-10(15)7-5-8(13)12(17)9(14)6-7/h5-6,17H,2-4H2,1H3. The number of Topliss-reactive ketones (excluding diaryl/α,β-unsaturated/α-hetero) is 1.